The summed E-state index contributed by atoms with van der Waals surface area (Å²) in [5.74, 6) is 0.674. The molecule has 2 fully saturated rings. The highest BCUT2D eigenvalue weighted by molar-refractivity contribution is 5.86. The van der Waals surface area contributed by atoms with Gasteiger partial charge in [-0.1, -0.05) is 6.07 Å². The second-order valence-electron chi connectivity index (χ2n) is 5.54. The van der Waals surface area contributed by atoms with Crippen LogP contribution in [-0.2, 0) is 0 Å². The molecular weight excluding hydrogens is 252 g/mol. The molecule has 4 rings (SSSR count). The molecule has 2 saturated carbocycles. The molecule has 5 heteroatoms. The van der Waals surface area contributed by atoms with Gasteiger partial charge >= 0.3 is 0 Å². The van der Waals surface area contributed by atoms with Crippen LogP contribution in [0.3, 0.4) is 0 Å². The SMILES string of the molecule is O=c1c(/C=N/C2CC2)c(NC2CC2)nc2ccccn12. The van der Waals surface area contributed by atoms with E-state index in [1.54, 1.807) is 16.8 Å². The van der Waals surface area contributed by atoms with Crippen LogP contribution >= 0.6 is 0 Å². The van der Waals surface area contributed by atoms with Gasteiger partial charge < -0.3 is 5.32 Å². The smallest absolute Gasteiger partial charge is 0.268 e. The maximum Gasteiger partial charge on any atom is 0.268 e. The molecule has 102 valence electrons. The lowest BCUT2D eigenvalue weighted by molar-refractivity contribution is 1.01. The number of rotatable bonds is 4. The molecule has 2 aliphatic rings. The number of nitrogens with zero attached hydrogens (tertiary/aromatic N) is 3. The van der Waals surface area contributed by atoms with Crippen molar-refractivity contribution in [2.24, 2.45) is 4.99 Å². The summed E-state index contributed by atoms with van der Waals surface area (Å²) < 4.78 is 1.58. The molecule has 0 bridgehead atoms. The first-order chi connectivity index (χ1) is 9.81. The van der Waals surface area contributed by atoms with Gasteiger partial charge in [0.2, 0.25) is 0 Å². The van der Waals surface area contributed by atoms with Crippen LogP contribution in [-0.4, -0.2) is 27.7 Å². The van der Waals surface area contributed by atoms with Gasteiger partial charge in [-0.15, -0.1) is 0 Å². The summed E-state index contributed by atoms with van der Waals surface area (Å²) in [5.41, 5.74) is 1.19. The molecular formula is C15H16N4O. The third-order valence-electron chi connectivity index (χ3n) is 3.65. The third-order valence-corrected chi connectivity index (χ3v) is 3.65. The lowest BCUT2D eigenvalue weighted by Crippen LogP contribution is -2.23. The summed E-state index contributed by atoms with van der Waals surface area (Å²) in [6.45, 7) is 0. The number of pyridine rings is 1. The zero-order chi connectivity index (χ0) is 13.5. The van der Waals surface area contributed by atoms with E-state index in [4.69, 9.17) is 0 Å². The molecule has 2 aromatic rings. The summed E-state index contributed by atoms with van der Waals surface area (Å²) >= 11 is 0. The first-order valence-electron chi connectivity index (χ1n) is 7.12. The fraction of sp³-hybridized carbons (Fsp3) is 0.400. The van der Waals surface area contributed by atoms with Crippen molar-refractivity contribution in [1.29, 1.82) is 0 Å². The molecule has 0 aliphatic heterocycles. The first-order valence-corrected chi connectivity index (χ1v) is 7.12. The lowest BCUT2D eigenvalue weighted by atomic mass is 10.3. The van der Waals surface area contributed by atoms with Crippen LogP contribution in [0, 0.1) is 0 Å². The Labute approximate surface area is 116 Å². The second kappa shape index (κ2) is 4.44. The van der Waals surface area contributed by atoms with Gasteiger partial charge in [-0.3, -0.25) is 14.2 Å². The van der Waals surface area contributed by atoms with Crippen molar-refractivity contribution in [3.63, 3.8) is 0 Å². The molecule has 0 unspecified atom stereocenters. The van der Waals surface area contributed by atoms with E-state index in [1.807, 2.05) is 18.2 Å². The average molecular weight is 268 g/mol. The predicted molar refractivity (Wildman–Crippen MR) is 78.7 cm³/mol. The highest BCUT2D eigenvalue weighted by atomic mass is 16.1. The maximum atomic E-state index is 12.6. The Bertz CT molecular complexity index is 741. The molecule has 2 aliphatic carbocycles. The monoisotopic (exact) mass is 268 g/mol. The molecule has 0 amide bonds. The van der Waals surface area contributed by atoms with Crippen molar-refractivity contribution in [2.75, 3.05) is 5.32 Å². The Kier molecular flexibility index (Phi) is 2.58. The molecule has 2 heterocycles. The van der Waals surface area contributed by atoms with E-state index in [0.29, 0.717) is 29.1 Å². The summed E-state index contributed by atoms with van der Waals surface area (Å²) in [6.07, 6.45) is 8.01. The normalized spacial score (nSPS) is 18.8. The van der Waals surface area contributed by atoms with Gasteiger partial charge in [-0.25, -0.2) is 4.98 Å². The largest absolute Gasteiger partial charge is 0.367 e. The van der Waals surface area contributed by atoms with Crippen molar-refractivity contribution >= 4 is 17.7 Å². The van der Waals surface area contributed by atoms with Crippen LogP contribution in [0.25, 0.3) is 5.65 Å². The van der Waals surface area contributed by atoms with Crippen LogP contribution in [0.15, 0.2) is 34.2 Å². The fourth-order valence-electron chi connectivity index (χ4n) is 2.15. The average Bonchev–Trinajstić information content (AvgIpc) is 3.33. The molecule has 0 saturated heterocycles. The zero-order valence-corrected chi connectivity index (χ0v) is 11.1. The second-order valence-corrected chi connectivity index (χ2v) is 5.54. The van der Waals surface area contributed by atoms with E-state index >= 15 is 0 Å². The molecule has 20 heavy (non-hydrogen) atoms. The minimum absolute atomic E-state index is 0.0526. The van der Waals surface area contributed by atoms with Crippen molar-refractivity contribution in [2.45, 2.75) is 37.8 Å². The molecule has 0 aromatic carbocycles. The van der Waals surface area contributed by atoms with Crippen molar-refractivity contribution in [3.05, 3.63) is 40.3 Å². The van der Waals surface area contributed by atoms with Gasteiger partial charge in [0.05, 0.1) is 6.04 Å². The van der Waals surface area contributed by atoms with Crippen LogP contribution in [0.2, 0.25) is 0 Å². The van der Waals surface area contributed by atoms with Gasteiger partial charge in [-0.05, 0) is 37.8 Å². The van der Waals surface area contributed by atoms with E-state index in [9.17, 15) is 4.79 Å². The summed E-state index contributed by atoms with van der Waals surface area (Å²) in [5, 5.41) is 3.35. The van der Waals surface area contributed by atoms with Crippen LogP contribution in [0.1, 0.15) is 31.2 Å². The number of hydrogen-bond donors (Lipinski definition) is 1. The number of nitrogens with one attached hydrogen (secondary N) is 1. The summed E-state index contributed by atoms with van der Waals surface area (Å²) in [6, 6.07) is 6.44. The van der Waals surface area contributed by atoms with Crippen LogP contribution in [0.5, 0.6) is 0 Å². The Morgan fingerprint density at radius 3 is 2.90 bits per heavy atom. The topological polar surface area (TPSA) is 58.8 Å². The Balaban J connectivity index is 1.86. The zero-order valence-electron chi connectivity index (χ0n) is 11.1. The van der Waals surface area contributed by atoms with Crippen LogP contribution in [0.4, 0.5) is 5.82 Å². The van der Waals surface area contributed by atoms with E-state index < -0.39 is 0 Å². The Hall–Kier alpha value is -2.17. The molecule has 0 spiro atoms. The number of aliphatic imine (C=N–C) groups is 1. The Morgan fingerprint density at radius 1 is 1.30 bits per heavy atom. The number of aromatic nitrogens is 2. The first kappa shape index (κ1) is 11.6. The van der Waals surface area contributed by atoms with Crippen LogP contribution < -0.4 is 10.9 Å². The standard InChI is InChI=1S/C15H16N4O/c20-15-12(9-16-10-4-5-10)14(17-11-6-7-11)18-13-3-1-2-8-19(13)15/h1-3,8-11,17H,4-7H2/b16-9+. The fourth-order valence-corrected chi connectivity index (χ4v) is 2.15. The van der Waals surface area contributed by atoms with Crippen molar-refractivity contribution in [1.82, 2.24) is 9.38 Å². The molecule has 2 aromatic heterocycles. The minimum atomic E-state index is -0.0526. The van der Waals surface area contributed by atoms with Crippen molar-refractivity contribution in [3.8, 4) is 0 Å². The van der Waals surface area contributed by atoms with E-state index in [-0.39, 0.29) is 5.56 Å². The van der Waals surface area contributed by atoms with E-state index in [0.717, 1.165) is 25.7 Å². The van der Waals surface area contributed by atoms with Gasteiger partial charge in [0.15, 0.2) is 0 Å². The summed E-state index contributed by atoms with van der Waals surface area (Å²) in [4.78, 5) is 21.6. The molecule has 5 nitrogen and oxygen atoms in total. The minimum Gasteiger partial charge on any atom is -0.367 e. The maximum absolute atomic E-state index is 12.6. The van der Waals surface area contributed by atoms with Gasteiger partial charge in [-0.2, -0.15) is 0 Å². The third kappa shape index (κ3) is 2.19. The Morgan fingerprint density at radius 2 is 2.15 bits per heavy atom. The van der Waals surface area contributed by atoms with Gasteiger partial charge in [0.25, 0.3) is 5.56 Å². The van der Waals surface area contributed by atoms with Gasteiger partial charge in [0, 0.05) is 18.5 Å². The quantitative estimate of drug-likeness (QED) is 0.861. The highest BCUT2D eigenvalue weighted by Crippen LogP contribution is 2.26. The number of hydrogen-bond acceptors (Lipinski definition) is 4. The number of anilines is 1. The lowest BCUT2D eigenvalue weighted by Gasteiger charge is -2.09. The molecule has 0 radical (unpaired) electrons. The van der Waals surface area contributed by atoms with Gasteiger partial charge in [0.1, 0.15) is 17.0 Å². The van der Waals surface area contributed by atoms with E-state index in [1.165, 1.54) is 0 Å². The van der Waals surface area contributed by atoms with Crippen molar-refractivity contribution < 1.29 is 0 Å². The number of fused-ring (bicyclic) bond motifs is 1. The highest BCUT2D eigenvalue weighted by Gasteiger charge is 2.24. The molecule has 1 N–H and O–H groups in total. The predicted octanol–water partition coefficient (Wildman–Crippen LogP) is 1.85. The van der Waals surface area contributed by atoms with E-state index in [2.05, 4.69) is 15.3 Å². The summed E-state index contributed by atoms with van der Waals surface area (Å²) in [7, 11) is 0. The molecule has 0 atom stereocenters.